The Kier molecular flexibility index (Phi) is 5.26. The van der Waals surface area contributed by atoms with Crippen molar-refractivity contribution >= 4 is 17.5 Å². The molecule has 33 heavy (non-hydrogen) atoms. The zero-order valence-corrected chi connectivity index (χ0v) is 17.9. The summed E-state index contributed by atoms with van der Waals surface area (Å²) in [5.74, 6) is -1.10. The lowest BCUT2D eigenvalue weighted by Gasteiger charge is -2.30. The summed E-state index contributed by atoms with van der Waals surface area (Å²) in [6.45, 7) is 0.366. The molecule has 3 aromatic carbocycles. The van der Waals surface area contributed by atoms with E-state index in [1.807, 2.05) is 30.3 Å². The molecule has 2 aliphatic rings. The van der Waals surface area contributed by atoms with Crippen LogP contribution in [0.4, 0.5) is 0 Å². The largest absolute Gasteiger partial charge is 0.493 e. The Bertz CT molecular complexity index is 1310. The third-order valence-corrected chi connectivity index (χ3v) is 5.87. The molecule has 0 bridgehead atoms. The minimum Gasteiger partial charge on any atom is -0.493 e. The second-order valence-corrected chi connectivity index (χ2v) is 7.86. The van der Waals surface area contributed by atoms with Gasteiger partial charge in [-0.15, -0.1) is 0 Å². The van der Waals surface area contributed by atoms with Crippen molar-refractivity contribution in [3.63, 3.8) is 0 Å². The highest BCUT2D eigenvalue weighted by Crippen LogP contribution is 2.43. The number of benzene rings is 3. The van der Waals surface area contributed by atoms with Gasteiger partial charge in [-0.3, -0.25) is 14.4 Å². The van der Waals surface area contributed by atoms with Gasteiger partial charge in [-0.2, -0.15) is 0 Å². The molecule has 1 atom stereocenters. The van der Waals surface area contributed by atoms with Crippen LogP contribution in [0.5, 0.6) is 11.5 Å². The molecule has 0 saturated heterocycles. The smallest absolute Gasteiger partial charge is 0.312 e. The van der Waals surface area contributed by atoms with Gasteiger partial charge in [0.1, 0.15) is 6.61 Å². The monoisotopic (exact) mass is 440 g/mol. The highest BCUT2D eigenvalue weighted by atomic mass is 16.5. The number of methoxy groups -OCH3 is 1. The van der Waals surface area contributed by atoms with E-state index in [1.165, 1.54) is 7.11 Å². The molecule has 1 aliphatic heterocycles. The number of Topliss-reactive ketones (excluding diaryl/α,β-unsaturated/α-hetero) is 2. The molecule has 3 aromatic rings. The number of hydrogen-bond acceptors (Lipinski definition) is 6. The van der Waals surface area contributed by atoms with Crippen LogP contribution in [0.25, 0.3) is 0 Å². The molecule has 0 amide bonds. The Morgan fingerprint density at radius 3 is 2.27 bits per heavy atom. The number of carbonyl (C=O) groups excluding carboxylic acids is 3. The molecule has 1 aliphatic carbocycles. The van der Waals surface area contributed by atoms with Crippen molar-refractivity contribution in [1.29, 1.82) is 0 Å². The lowest BCUT2D eigenvalue weighted by molar-refractivity contribution is -0.140. The van der Waals surface area contributed by atoms with Gasteiger partial charge < -0.3 is 14.2 Å². The summed E-state index contributed by atoms with van der Waals surface area (Å²) in [5, 5.41) is 0. The molecule has 1 heterocycles. The Morgan fingerprint density at radius 2 is 1.55 bits per heavy atom. The maximum atomic E-state index is 13.3. The van der Waals surface area contributed by atoms with Crippen molar-refractivity contribution < 1.29 is 28.6 Å². The number of hydrogen-bond donors (Lipinski definition) is 0. The molecule has 0 saturated carbocycles. The third kappa shape index (κ3) is 3.69. The van der Waals surface area contributed by atoms with E-state index in [2.05, 4.69) is 0 Å². The van der Waals surface area contributed by atoms with Crippen LogP contribution in [0, 0.1) is 0 Å². The molecule has 164 valence electrons. The Hall–Kier alpha value is -4.19. The topological polar surface area (TPSA) is 78.9 Å². The Balaban J connectivity index is 1.50. The molecule has 6 heteroatoms. The highest BCUT2D eigenvalue weighted by molar-refractivity contribution is 6.27. The summed E-state index contributed by atoms with van der Waals surface area (Å²) >= 11 is 0. The van der Waals surface area contributed by atoms with E-state index in [9.17, 15) is 14.4 Å². The van der Waals surface area contributed by atoms with Gasteiger partial charge in [-0.1, -0.05) is 60.7 Å². The first-order valence-electron chi connectivity index (χ1n) is 10.5. The van der Waals surface area contributed by atoms with Gasteiger partial charge in [0, 0.05) is 17.0 Å². The molecule has 5 rings (SSSR count). The van der Waals surface area contributed by atoms with Crippen molar-refractivity contribution in [2.75, 3.05) is 7.11 Å². The molecule has 0 N–H and O–H groups in total. The SMILES string of the molecule is COc1cc([C@H]2CC(=O)OC3=C2C(=O)c2ccccc2C3=O)ccc1OCc1ccccc1. The van der Waals surface area contributed by atoms with Crippen LogP contribution in [0.1, 0.15) is 44.2 Å². The molecular weight excluding hydrogens is 420 g/mol. The van der Waals surface area contributed by atoms with E-state index >= 15 is 0 Å². The maximum absolute atomic E-state index is 13.3. The van der Waals surface area contributed by atoms with Crippen LogP contribution in [0.2, 0.25) is 0 Å². The number of rotatable bonds is 5. The van der Waals surface area contributed by atoms with Gasteiger partial charge in [0.25, 0.3) is 0 Å². The van der Waals surface area contributed by atoms with Crippen LogP contribution in [0.3, 0.4) is 0 Å². The molecule has 0 aromatic heterocycles. The van der Waals surface area contributed by atoms with Crippen LogP contribution >= 0.6 is 0 Å². The summed E-state index contributed by atoms with van der Waals surface area (Å²) < 4.78 is 16.7. The first-order chi connectivity index (χ1) is 16.1. The fraction of sp³-hybridized carbons (Fsp3) is 0.148. The van der Waals surface area contributed by atoms with Gasteiger partial charge >= 0.3 is 5.97 Å². The van der Waals surface area contributed by atoms with Crippen molar-refractivity contribution in [1.82, 2.24) is 0 Å². The van der Waals surface area contributed by atoms with Crippen LogP contribution in [-0.2, 0) is 16.1 Å². The summed E-state index contributed by atoms with van der Waals surface area (Å²) in [6, 6.07) is 21.6. The molecule has 0 radical (unpaired) electrons. The minimum atomic E-state index is -0.622. The highest BCUT2D eigenvalue weighted by Gasteiger charge is 2.43. The summed E-state index contributed by atoms with van der Waals surface area (Å²) in [6.07, 6.45) is -0.0482. The number of allylic oxidation sites excluding steroid dienone is 2. The zero-order valence-electron chi connectivity index (χ0n) is 17.9. The molecular formula is C27H20O6. The van der Waals surface area contributed by atoms with Crippen molar-refractivity contribution in [2.24, 2.45) is 0 Å². The van der Waals surface area contributed by atoms with E-state index in [0.717, 1.165) is 5.56 Å². The fourth-order valence-electron chi connectivity index (χ4n) is 4.25. The number of ketones is 2. The van der Waals surface area contributed by atoms with Crippen molar-refractivity contribution in [2.45, 2.75) is 18.9 Å². The van der Waals surface area contributed by atoms with Gasteiger partial charge in [-0.25, -0.2) is 0 Å². The lowest BCUT2D eigenvalue weighted by atomic mass is 9.77. The molecule has 0 unspecified atom stereocenters. The van der Waals surface area contributed by atoms with Gasteiger partial charge in [0.2, 0.25) is 5.78 Å². The summed E-state index contributed by atoms with van der Waals surface area (Å²) in [4.78, 5) is 38.7. The number of carbonyl (C=O) groups is 3. The van der Waals surface area contributed by atoms with Gasteiger partial charge in [0.05, 0.1) is 19.1 Å². The van der Waals surface area contributed by atoms with E-state index in [1.54, 1.807) is 42.5 Å². The quantitative estimate of drug-likeness (QED) is 0.538. The average Bonchev–Trinajstić information content (AvgIpc) is 2.86. The fourth-order valence-corrected chi connectivity index (χ4v) is 4.25. The van der Waals surface area contributed by atoms with E-state index < -0.39 is 17.7 Å². The average molecular weight is 440 g/mol. The second-order valence-electron chi connectivity index (χ2n) is 7.86. The molecule has 6 nitrogen and oxygen atoms in total. The van der Waals surface area contributed by atoms with Crippen molar-refractivity contribution in [3.05, 3.63) is 106 Å². The van der Waals surface area contributed by atoms with Gasteiger partial charge in [-0.05, 0) is 23.3 Å². The number of esters is 1. The first-order valence-corrected chi connectivity index (χ1v) is 10.5. The lowest BCUT2D eigenvalue weighted by Crippen LogP contribution is -2.32. The first kappa shape index (κ1) is 20.7. The van der Waals surface area contributed by atoms with E-state index in [0.29, 0.717) is 29.2 Å². The maximum Gasteiger partial charge on any atom is 0.312 e. The summed E-state index contributed by atoms with van der Waals surface area (Å²) in [7, 11) is 1.53. The molecule has 0 fully saturated rings. The van der Waals surface area contributed by atoms with Crippen LogP contribution in [-0.4, -0.2) is 24.6 Å². The predicted molar refractivity (Wildman–Crippen MR) is 119 cm³/mol. The standard InChI is InChI=1S/C27H20O6/c1-31-22-13-17(11-12-21(22)32-15-16-7-3-2-4-8-16)20-14-23(28)33-27-24(20)25(29)18-9-5-6-10-19(18)26(27)30/h2-13,20H,14-15H2,1H3/t20-/m1/s1. The predicted octanol–water partition coefficient (Wildman–Crippen LogP) is 4.64. The molecule has 0 spiro atoms. The normalized spacial score (nSPS) is 17.2. The van der Waals surface area contributed by atoms with Gasteiger partial charge in [0.15, 0.2) is 23.0 Å². The van der Waals surface area contributed by atoms with Crippen LogP contribution < -0.4 is 9.47 Å². The zero-order chi connectivity index (χ0) is 22.9. The summed E-state index contributed by atoms with van der Waals surface area (Å²) in [5.41, 5.74) is 2.45. The Labute approximate surface area is 190 Å². The minimum absolute atomic E-state index is 0.0482. The van der Waals surface area contributed by atoms with Crippen molar-refractivity contribution in [3.8, 4) is 11.5 Å². The Morgan fingerprint density at radius 1 is 0.848 bits per heavy atom. The number of fused-ring (bicyclic) bond motifs is 1. The van der Waals surface area contributed by atoms with Crippen LogP contribution in [0.15, 0.2) is 84.1 Å². The second kappa shape index (κ2) is 8.39. The van der Waals surface area contributed by atoms with E-state index in [-0.39, 0.29) is 29.1 Å². The number of ether oxygens (including phenoxy) is 3. The van der Waals surface area contributed by atoms with E-state index in [4.69, 9.17) is 14.2 Å². The third-order valence-electron chi connectivity index (χ3n) is 5.87.